The monoisotopic (exact) mass is 385 g/mol. The molecule has 148 valence electrons. The average Bonchev–Trinajstić information content (AvgIpc) is 2.76. The number of benzene rings is 2. The zero-order valence-corrected chi connectivity index (χ0v) is 17.1. The maximum Gasteiger partial charge on any atom is 0.251 e. The van der Waals surface area contributed by atoms with Crippen molar-refractivity contribution in [1.29, 1.82) is 0 Å². The van der Waals surface area contributed by atoms with Crippen LogP contribution in [0.2, 0.25) is 0 Å². The molecule has 0 radical (unpaired) electrons. The van der Waals surface area contributed by atoms with E-state index in [0.29, 0.717) is 12.1 Å². The number of fused-ring (bicyclic) bond motifs is 1. The summed E-state index contributed by atoms with van der Waals surface area (Å²) in [6.45, 7) is 6.50. The lowest BCUT2D eigenvalue weighted by atomic mass is 9.96. The Morgan fingerprint density at radius 3 is 2.66 bits per heavy atom. The van der Waals surface area contributed by atoms with E-state index >= 15 is 0 Å². The first-order chi connectivity index (χ1) is 14.1. The number of pyridine rings is 1. The number of carbonyl (C=O) groups excluding carboxylic acids is 1. The van der Waals surface area contributed by atoms with Crippen LogP contribution < -0.4 is 5.32 Å². The van der Waals surface area contributed by atoms with Gasteiger partial charge in [0.05, 0.1) is 6.04 Å². The highest BCUT2D eigenvalue weighted by molar-refractivity contribution is 5.94. The van der Waals surface area contributed by atoms with Crippen LogP contribution in [-0.2, 0) is 13.0 Å². The van der Waals surface area contributed by atoms with Crippen molar-refractivity contribution in [3.63, 3.8) is 0 Å². The van der Waals surface area contributed by atoms with Gasteiger partial charge in [-0.15, -0.1) is 0 Å². The zero-order valence-electron chi connectivity index (χ0n) is 17.1. The lowest BCUT2D eigenvalue weighted by Gasteiger charge is -2.36. The predicted molar refractivity (Wildman–Crippen MR) is 116 cm³/mol. The van der Waals surface area contributed by atoms with E-state index in [0.717, 1.165) is 30.6 Å². The molecule has 1 aliphatic heterocycles. The van der Waals surface area contributed by atoms with E-state index in [1.165, 1.54) is 16.7 Å². The molecule has 1 aliphatic rings. The maximum atomic E-state index is 12.8. The van der Waals surface area contributed by atoms with Crippen LogP contribution in [-0.4, -0.2) is 28.9 Å². The van der Waals surface area contributed by atoms with Gasteiger partial charge in [-0.3, -0.25) is 14.7 Å². The summed E-state index contributed by atoms with van der Waals surface area (Å²) in [7, 11) is 0. The Kier molecular flexibility index (Phi) is 5.72. The molecule has 4 rings (SSSR count). The van der Waals surface area contributed by atoms with Crippen molar-refractivity contribution in [3.8, 4) is 0 Å². The minimum Gasteiger partial charge on any atom is -0.350 e. The molecule has 1 N–H and O–H groups in total. The van der Waals surface area contributed by atoms with E-state index in [-0.39, 0.29) is 11.9 Å². The number of aromatic nitrogens is 1. The second-order valence-corrected chi connectivity index (χ2v) is 7.80. The van der Waals surface area contributed by atoms with Crippen molar-refractivity contribution in [2.75, 3.05) is 13.1 Å². The van der Waals surface area contributed by atoms with Crippen LogP contribution in [0.25, 0.3) is 0 Å². The van der Waals surface area contributed by atoms with Gasteiger partial charge in [-0.2, -0.15) is 0 Å². The summed E-state index contributed by atoms with van der Waals surface area (Å²) in [6.07, 6.45) is 4.73. The molecule has 2 aromatic carbocycles. The van der Waals surface area contributed by atoms with Gasteiger partial charge in [-0.1, -0.05) is 36.4 Å². The van der Waals surface area contributed by atoms with Gasteiger partial charge in [0.1, 0.15) is 0 Å². The van der Waals surface area contributed by atoms with Crippen molar-refractivity contribution in [3.05, 3.63) is 100 Å². The van der Waals surface area contributed by atoms with Crippen molar-refractivity contribution in [1.82, 2.24) is 15.2 Å². The predicted octanol–water partition coefficient (Wildman–Crippen LogP) is 4.23. The normalized spacial score (nSPS) is 14.8. The van der Waals surface area contributed by atoms with Gasteiger partial charge >= 0.3 is 0 Å². The lowest BCUT2D eigenvalue weighted by molar-refractivity contribution is 0.0927. The van der Waals surface area contributed by atoms with Gasteiger partial charge in [0.15, 0.2) is 0 Å². The quantitative estimate of drug-likeness (QED) is 0.715. The maximum absolute atomic E-state index is 12.8. The number of aryl methyl sites for hydroxylation is 2. The van der Waals surface area contributed by atoms with Gasteiger partial charge in [-0.25, -0.2) is 0 Å². The van der Waals surface area contributed by atoms with E-state index in [1.54, 1.807) is 6.20 Å². The minimum absolute atomic E-state index is 0.0283. The molecule has 4 heteroatoms. The highest BCUT2D eigenvalue weighted by atomic mass is 16.1. The third kappa shape index (κ3) is 4.38. The number of hydrogen-bond acceptors (Lipinski definition) is 3. The second kappa shape index (κ2) is 8.58. The van der Waals surface area contributed by atoms with Gasteiger partial charge in [0.2, 0.25) is 0 Å². The minimum atomic E-state index is -0.0283. The summed E-state index contributed by atoms with van der Waals surface area (Å²) in [4.78, 5) is 19.5. The van der Waals surface area contributed by atoms with Gasteiger partial charge in [0, 0.05) is 37.6 Å². The Morgan fingerprint density at radius 2 is 1.90 bits per heavy atom. The van der Waals surface area contributed by atoms with Crippen molar-refractivity contribution >= 4 is 5.91 Å². The third-order valence-electron chi connectivity index (χ3n) is 5.90. The van der Waals surface area contributed by atoms with E-state index in [4.69, 9.17) is 0 Å². The summed E-state index contributed by atoms with van der Waals surface area (Å²) in [6, 6.07) is 18.6. The van der Waals surface area contributed by atoms with Gasteiger partial charge < -0.3 is 5.32 Å². The molecule has 1 aromatic heterocycles. The Bertz CT molecular complexity index is 1000. The Balaban J connectivity index is 1.52. The highest BCUT2D eigenvalue weighted by Gasteiger charge is 2.25. The number of carbonyl (C=O) groups is 1. The zero-order chi connectivity index (χ0) is 20.2. The van der Waals surface area contributed by atoms with Crippen molar-refractivity contribution < 1.29 is 4.79 Å². The van der Waals surface area contributed by atoms with E-state index in [2.05, 4.69) is 52.5 Å². The Labute approximate surface area is 172 Å². The molecule has 1 amide bonds. The summed E-state index contributed by atoms with van der Waals surface area (Å²) < 4.78 is 0. The molecule has 0 unspecified atom stereocenters. The first-order valence-corrected chi connectivity index (χ1v) is 10.2. The van der Waals surface area contributed by atoms with Crippen LogP contribution in [0.1, 0.15) is 44.2 Å². The molecule has 4 nitrogen and oxygen atoms in total. The van der Waals surface area contributed by atoms with Gasteiger partial charge in [0.25, 0.3) is 5.91 Å². The topological polar surface area (TPSA) is 45.2 Å². The standard InChI is InChI=1S/C25H27N3O/c1-18-9-10-21(14-19(18)2)25(29)27-16-24(22-8-5-12-26-15-22)28-13-11-20-6-3-4-7-23(20)17-28/h3-10,12,14-15,24H,11,13,16-17H2,1-2H3,(H,27,29)/t24-/m0/s1. The molecular weight excluding hydrogens is 358 g/mol. The SMILES string of the molecule is Cc1ccc(C(=O)NC[C@@H](c2cccnc2)N2CCc3ccccc3C2)cc1C. The number of nitrogens with zero attached hydrogens (tertiary/aromatic N) is 2. The summed E-state index contributed by atoms with van der Waals surface area (Å²) >= 11 is 0. The van der Waals surface area contributed by atoms with Crippen LogP contribution in [0.5, 0.6) is 0 Å². The Hall–Kier alpha value is -2.98. The Morgan fingerprint density at radius 1 is 1.07 bits per heavy atom. The van der Waals surface area contributed by atoms with E-state index in [1.807, 2.05) is 37.4 Å². The fourth-order valence-electron chi connectivity index (χ4n) is 3.99. The second-order valence-electron chi connectivity index (χ2n) is 7.80. The molecule has 0 spiro atoms. The molecule has 29 heavy (non-hydrogen) atoms. The molecule has 1 atom stereocenters. The molecule has 3 aromatic rings. The molecule has 0 saturated heterocycles. The average molecular weight is 386 g/mol. The molecule has 0 bridgehead atoms. The summed E-state index contributed by atoms with van der Waals surface area (Å²) in [5.41, 5.74) is 6.96. The molecule has 0 aliphatic carbocycles. The van der Waals surface area contributed by atoms with Crippen LogP contribution in [0.15, 0.2) is 67.0 Å². The summed E-state index contributed by atoms with van der Waals surface area (Å²) in [5.74, 6) is -0.0283. The molecule has 0 saturated carbocycles. The van der Waals surface area contributed by atoms with E-state index in [9.17, 15) is 4.79 Å². The highest BCUT2D eigenvalue weighted by Crippen LogP contribution is 2.27. The van der Waals surface area contributed by atoms with E-state index < -0.39 is 0 Å². The number of nitrogens with one attached hydrogen (secondary N) is 1. The lowest BCUT2D eigenvalue weighted by Crippen LogP contribution is -2.40. The molecular formula is C25H27N3O. The van der Waals surface area contributed by atoms with Crippen LogP contribution in [0, 0.1) is 13.8 Å². The molecule has 2 heterocycles. The molecule has 0 fully saturated rings. The van der Waals surface area contributed by atoms with Crippen LogP contribution in [0.3, 0.4) is 0 Å². The van der Waals surface area contributed by atoms with Crippen molar-refractivity contribution in [2.45, 2.75) is 32.9 Å². The van der Waals surface area contributed by atoms with Crippen LogP contribution >= 0.6 is 0 Å². The summed E-state index contributed by atoms with van der Waals surface area (Å²) in [5, 5.41) is 3.16. The van der Waals surface area contributed by atoms with Crippen LogP contribution in [0.4, 0.5) is 0 Å². The van der Waals surface area contributed by atoms with Crippen molar-refractivity contribution in [2.24, 2.45) is 0 Å². The number of amides is 1. The first-order valence-electron chi connectivity index (χ1n) is 10.2. The largest absolute Gasteiger partial charge is 0.350 e. The van der Waals surface area contributed by atoms with Gasteiger partial charge in [-0.05, 0) is 66.3 Å². The number of rotatable bonds is 5. The first kappa shape index (κ1) is 19.3. The fourth-order valence-corrected chi connectivity index (χ4v) is 3.99. The number of hydrogen-bond donors (Lipinski definition) is 1. The fraction of sp³-hybridized carbons (Fsp3) is 0.280. The third-order valence-corrected chi connectivity index (χ3v) is 5.90. The smallest absolute Gasteiger partial charge is 0.251 e.